The fourth-order valence-corrected chi connectivity index (χ4v) is 6.10. The van der Waals surface area contributed by atoms with Gasteiger partial charge in [0.2, 0.25) is 0 Å². The third-order valence-corrected chi connectivity index (χ3v) is 7.49. The quantitative estimate of drug-likeness (QED) is 0.742. The van der Waals surface area contributed by atoms with Crippen LogP contribution in [0.25, 0.3) is 0 Å². The van der Waals surface area contributed by atoms with E-state index in [0.29, 0.717) is 28.7 Å². The highest BCUT2D eigenvalue weighted by Gasteiger charge is 2.42. The van der Waals surface area contributed by atoms with Crippen LogP contribution in [0, 0.1) is 11.8 Å². The number of hydrogen-bond donors (Lipinski definition) is 2. The SMILES string of the molecule is COc1cc(OC)c(C(C)O)cc1C(=O)NC1CCN(C2C3CCCC2CCC3)C1. The van der Waals surface area contributed by atoms with E-state index in [-0.39, 0.29) is 11.9 Å². The monoisotopic (exact) mass is 416 g/mol. The summed E-state index contributed by atoms with van der Waals surface area (Å²) in [6.45, 7) is 3.67. The molecule has 2 aliphatic carbocycles. The van der Waals surface area contributed by atoms with Crippen molar-refractivity contribution < 1.29 is 19.4 Å². The molecule has 30 heavy (non-hydrogen) atoms. The van der Waals surface area contributed by atoms with Crippen LogP contribution in [0.5, 0.6) is 11.5 Å². The summed E-state index contributed by atoms with van der Waals surface area (Å²) in [6, 6.07) is 4.24. The van der Waals surface area contributed by atoms with E-state index >= 15 is 0 Å². The minimum absolute atomic E-state index is 0.146. The van der Waals surface area contributed by atoms with E-state index in [1.165, 1.54) is 38.5 Å². The van der Waals surface area contributed by atoms with Gasteiger partial charge in [-0.1, -0.05) is 12.8 Å². The number of carbonyl (C=O) groups excluding carboxylic acids is 1. The molecule has 0 spiro atoms. The van der Waals surface area contributed by atoms with Crippen LogP contribution in [0.3, 0.4) is 0 Å². The lowest BCUT2D eigenvalue weighted by Gasteiger charge is -2.47. The molecule has 1 saturated heterocycles. The van der Waals surface area contributed by atoms with Gasteiger partial charge in [-0.3, -0.25) is 9.69 Å². The Kier molecular flexibility index (Phi) is 6.54. The molecule has 1 aromatic carbocycles. The van der Waals surface area contributed by atoms with Crippen molar-refractivity contribution in [2.75, 3.05) is 27.3 Å². The van der Waals surface area contributed by atoms with Crippen LogP contribution in [0.1, 0.15) is 73.9 Å². The van der Waals surface area contributed by atoms with Crippen LogP contribution in [0.4, 0.5) is 0 Å². The van der Waals surface area contributed by atoms with Crippen molar-refractivity contribution in [3.05, 3.63) is 23.3 Å². The molecule has 0 aromatic heterocycles. The van der Waals surface area contributed by atoms with E-state index in [9.17, 15) is 9.90 Å². The lowest BCUT2D eigenvalue weighted by atomic mass is 9.68. The van der Waals surface area contributed by atoms with Gasteiger partial charge >= 0.3 is 0 Å². The van der Waals surface area contributed by atoms with Gasteiger partial charge in [-0.2, -0.15) is 0 Å². The predicted molar refractivity (Wildman–Crippen MR) is 116 cm³/mol. The number of rotatable bonds is 6. The third-order valence-electron chi connectivity index (χ3n) is 7.49. The minimum atomic E-state index is -0.731. The third kappa shape index (κ3) is 4.17. The number of benzene rings is 1. The normalized spacial score (nSPS) is 30.0. The number of fused-ring (bicyclic) bond motifs is 2. The first-order valence-electron chi connectivity index (χ1n) is 11.5. The van der Waals surface area contributed by atoms with Crippen LogP contribution < -0.4 is 14.8 Å². The maximum atomic E-state index is 13.1. The number of likely N-dealkylation sites (tertiary alicyclic amines) is 1. The summed E-state index contributed by atoms with van der Waals surface area (Å²) in [5.41, 5.74) is 1.04. The molecule has 2 saturated carbocycles. The zero-order valence-corrected chi connectivity index (χ0v) is 18.5. The van der Waals surface area contributed by atoms with Crippen molar-refractivity contribution in [2.24, 2.45) is 11.8 Å². The van der Waals surface area contributed by atoms with Gasteiger partial charge in [0.25, 0.3) is 5.91 Å². The lowest BCUT2D eigenvalue weighted by Crippen LogP contribution is -2.50. The Labute approximate surface area is 179 Å². The number of aliphatic hydroxyl groups is 1. The zero-order valence-electron chi connectivity index (χ0n) is 18.5. The summed E-state index contributed by atoms with van der Waals surface area (Å²) >= 11 is 0. The molecule has 3 aliphatic rings. The number of aliphatic hydroxyl groups excluding tert-OH is 1. The second-order valence-electron chi connectivity index (χ2n) is 9.30. The average Bonchev–Trinajstić information content (AvgIpc) is 3.20. The fraction of sp³-hybridized carbons (Fsp3) is 0.708. The van der Waals surface area contributed by atoms with Crippen LogP contribution in [-0.4, -0.2) is 55.3 Å². The van der Waals surface area contributed by atoms with Crippen molar-refractivity contribution in [2.45, 2.75) is 70.1 Å². The molecule has 6 nitrogen and oxygen atoms in total. The van der Waals surface area contributed by atoms with Crippen molar-refractivity contribution in [1.82, 2.24) is 10.2 Å². The Hall–Kier alpha value is -1.79. The van der Waals surface area contributed by atoms with Gasteiger partial charge in [-0.15, -0.1) is 0 Å². The molecule has 2 unspecified atom stereocenters. The molecule has 2 atom stereocenters. The molecule has 166 valence electrons. The van der Waals surface area contributed by atoms with Gasteiger partial charge in [0, 0.05) is 36.8 Å². The molecule has 4 rings (SSSR count). The molecule has 1 aliphatic heterocycles. The van der Waals surface area contributed by atoms with E-state index in [2.05, 4.69) is 10.2 Å². The average molecular weight is 417 g/mol. The summed E-state index contributed by atoms with van der Waals surface area (Å²) in [5.74, 6) is 2.54. The number of nitrogens with one attached hydrogen (secondary N) is 1. The zero-order chi connectivity index (χ0) is 21.3. The Bertz CT molecular complexity index is 744. The van der Waals surface area contributed by atoms with Gasteiger partial charge < -0.3 is 19.9 Å². The number of methoxy groups -OCH3 is 2. The molecule has 2 N–H and O–H groups in total. The first-order valence-corrected chi connectivity index (χ1v) is 11.5. The number of ether oxygens (including phenoxy) is 2. The first-order chi connectivity index (χ1) is 14.5. The highest BCUT2D eigenvalue weighted by molar-refractivity contribution is 5.97. The molecule has 1 aromatic rings. The summed E-state index contributed by atoms with van der Waals surface area (Å²) in [4.78, 5) is 15.8. The van der Waals surface area contributed by atoms with Crippen molar-refractivity contribution >= 4 is 5.91 Å². The molecule has 1 heterocycles. The van der Waals surface area contributed by atoms with Crippen molar-refractivity contribution in [3.63, 3.8) is 0 Å². The molecule has 2 bridgehead atoms. The van der Waals surface area contributed by atoms with E-state index in [4.69, 9.17) is 9.47 Å². The second kappa shape index (κ2) is 9.15. The number of amides is 1. The topological polar surface area (TPSA) is 71.0 Å². The Morgan fingerprint density at radius 2 is 1.70 bits per heavy atom. The number of carbonyl (C=O) groups is 1. The van der Waals surface area contributed by atoms with E-state index in [1.54, 1.807) is 33.3 Å². The van der Waals surface area contributed by atoms with Crippen LogP contribution in [0.15, 0.2) is 12.1 Å². The smallest absolute Gasteiger partial charge is 0.255 e. The van der Waals surface area contributed by atoms with E-state index < -0.39 is 6.10 Å². The Morgan fingerprint density at radius 3 is 2.27 bits per heavy atom. The van der Waals surface area contributed by atoms with E-state index in [1.807, 2.05) is 0 Å². The van der Waals surface area contributed by atoms with Gasteiger partial charge in [0.05, 0.1) is 25.9 Å². The first kappa shape index (κ1) is 21.4. The van der Waals surface area contributed by atoms with Crippen LogP contribution in [-0.2, 0) is 0 Å². The Balaban J connectivity index is 1.45. The highest BCUT2D eigenvalue weighted by atomic mass is 16.5. The maximum absolute atomic E-state index is 13.1. The predicted octanol–water partition coefficient (Wildman–Crippen LogP) is 3.53. The van der Waals surface area contributed by atoms with Gasteiger partial charge in [0.1, 0.15) is 11.5 Å². The lowest BCUT2D eigenvalue weighted by molar-refractivity contribution is 0.0346. The molecular formula is C24H36N2O4. The largest absolute Gasteiger partial charge is 0.496 e. The number of nitrogens with zero attached hydrogens (tertiary/aromatic N) is 1. The van der Waals surface area contributed by atoms with Crippen molar-refractivity contribution in [1.29, 1.82) is 0 Å². The van der Waals surface area contributed by atoms with Gasteiger partial charge in [-0.05, 0) is 56.9 Å². The van der Waals surface area contributed by atoms with Gasteiger partial charge in [-0.25, -0.2) is 0 Å². The maximum Gasteiger partial charge on any atom is 0.255 e. The Morgan fingerprint density at radius 1 is 1.07 bits per heavy atom. The standard InChI is InChI=1S/C24H36N2O4/c1-15(27)19-12-20(22(30-3)13-21(19)29-2)24(28)25-18-10-11-26(14-18)23-16-6-4-7-17(23)9-5-8-16/h12-13,15-18,23,27H,4-11,14H2,1-3H3,(H,25,28). The van der Waals surface area contributed by atoms with Crippen LogP contribution in [0.2, 0.25) is 0 Å². The highest BCUT2D eigenvalue weighted by Crippen LogP contribution is 2.43. The molecule has 1 amide bonds. The minimum Gasteiger partial charge on any atom is -0.496 e. The summed E-state index contributed by atoms with van der Waals surface area (Å²) in [6.07, 6.45) is 8.54. The van der Waals surface area contributed by atoms with Gasteiger partial charge in [0.15, 0.2) is 0 Å². The van der Waals surface area contributed by atoms with Crippen molar-refractivity contribution in [3.8, 4) is 11.5 Å². The summed E-state index contributed by atoms with van der Waals surface area (Å²) < 4.78 is 10.8. The fourth-order valence-electron chi connectivity index (χ4n) is 6.10. The summed E-state index contributed by atoms with van der Waals surface area (Å²) in [7, 11) is 3.10. The second-order valence-corrected chi connectivity index (χ2v) is 9.30. The molecule has 6 heteroatoms. The molecular weight excluding hydrogens is 380 g/mol. The molecule has 0 radical (unpaired) electrons. The molecule has 3 fully saturated rings. The van der Waals surface area contributed by atoms with E-state index in [0.717, 1.165) is 31.3 Å². The van der Waals surface area contributed by atoms with Crippen LogP contribution >= 0.6 is 0 Å². The number of hydrogen-bond acceptors (Lipinski definition) is 5. The summed E-state index contributed by atoms with van der Waals surface area (Å²) in [5, 5.41) is 13.3.